The maximum atomic E-state index is 13.8. The summed E-state index contributed by atoms with van der Waals surface area (Å²) in [5.41, 5.74) is 2.83. The van der Waals surface area contributed by atoms with Crippen molar-refractivity contribution in [3.05, 3.63) is 64.5 Å². The molecule has 0 aliphatic rings. The van der Waals surface area contributed by atoms with Crippen LogP contribution in [0.25, 0.3) is 0 Å². The maximum Gasteiger partial charge on any atom is 0.129 e. The van der Waals surface area contributed by atoms with Crippen molar-refractivity contribution in [3.63, 3.8) is 0 Å². The van der Waals surface area contributed by atoms with Gasteiger partial charge in [-0.15, -0.1) is 0 Å². The van der Waals surface area contributed by atoms with Gasteiger partial charge >= 0.3 is 0 Å². The van der Waals surface area contributed by atoms with Crippen molar-refractivity contribution in [3.8, 4) is 11.8 Å². The van der Waals surface area contributed by atoms with Gasteiger partial charge in [-0.1, -0.05) is 18.2 Å². The normalized spacial score (nSPS) is 10.2. The van der Waals surface area contributed by atoms with E-state index in [1.165, 1.54) is 18.2 Å². The van der Waals surface area contributed by atoms with E-state index in [2.05, 4.69) is 5.32 Å². The lowest BCUT2D eigenvalue weighted by molar-refractivity contribution is 0.294. The standard InChI is InChI=1S/C17H17FN2O/c1-12-4-3-5-14(10-20-2)17(12)21-11-15-8-13(9-19)6-7-16(15)18/h3-8,20H,10-11H2,1-2H3. The van der Waals surface area contributed by atoms with Gasteiger partial charge < -0.3 is 10.1 Å². The molecule has 2 rings (SSSR count). The zero-order valence-corrected chi connectivity index (χ0v) is 12.1. The first kappa shape index (κ1) is 15.0. The van der Waals surface area contributed by atoms with Gasteiger partial charge in [0, 0.05) is 17.7 Å². The monoisotopic (exact) mass is 284 g/mol. The van der Waals surface area contributed by atoms with Crippen LogP contribution in [0.2, 0.25) is 0 Å². The number of nitriles is 1. The zero-order chi connectivity index (χ0) is 15.2. The van der Waals surface area contributed by atoms with Gasteiger partial charge in [-0.3, -0.25) is 0 Å². The van der Waals surface area contributed by atoms with Crippen LogP contribution in [0.4, 0.5) is 4.39 Å². The highest BCUT2D eigenvalue weighted by Gasteiger charge is 2.09. The Morgan fingerprint density at radius 2 is 2.05 bits per heavy atom. The van der Waals surface area contributed by atoms with Crippen molar-refractivity contribution in [2.75, 3.05) is 7.05 Å². The van der Waals surface area contributed by atoms with Gasteiger partial charge in [0.25, 0.3) is 0 Å². The maximum absolute atomic E-state index is 13.8. The van der Waals surface area contributed by atoms with Crippen LogP contribution in [-0.2, 0) is 13.2 Å². The number of benzene rings is 2. The molecule has 108 valence electrons. The molecule has 0 aliphatic heterocycles. The van der Waals surface area contributed by atoms with Crippen LogP contribution < -0.4 is 10.1 Å². The smallest absolute Gasteiger partial charge is 0.129 e. The van der Waals surface area contributed by atoms with Crippen LogP contribution in [0.15, 0.2) is 36.4 Å². The van der Waals surface area contributed by atoms with Crippen molar-refractivity contribution in [1.82, 2.24) is 5.32 Å². The van der Waals surface area contributed by atoms with E-state index in [1.54, 1.807) is 0 Å². The number of halogens is 1. The molecule has 0 amide bonds. The predicted octanol–water partition coefficient (Wildman–Crippen LogP) is 3.30. The number of nitrogens with zero attached hydrogens (tertiary/aromatic N) is 1. The second-order valence-corrected chi connectivity index (χ2v) is 4.80. The summed E-state index contributed by atoms with van der Waals surface area (Å²) in [7, 11) is 1.86. The van der Waals surface area contributed by atoms with E-state index < -0.39 is 0 Å². The minimum atomic E-state index is -0.363. The molecule has 0 saturated heterocycles. The lowest BCUT2D eigenvalue weighted by Gasteiger charge is -2.14. The molecule has 1 N–H and O–H groups in total. The third-order valence-electron chi connectivity index (χ3n) is 3.21. The van der Waals surface area contributed by atoms with E-state index in [4.69, 9.17) is 10.00 Å². The molecule has 0 atom stereocenters. The van der Waals surface area contributed by atoms with Crippen LogP contribution in [0.5, 0.6) is 5.75 Å². The highest BCUT2D eigenvalue weighted by Crippen LogP contribution is 2.25. The first-order valence-corrected chi connectivity index (χ1v) is 6.70. The highest BCUT2D eigenvalue weighted by atomic mass is 19.1. The number of aryl methyl sites for hydroxylation is 1. The first-order valence-electron chi connectivity index (χ1n) is 6.70. The Bertz CT molecular complexity index is 677. The molecule has 0 radical (unpaired) electrons. The topological polar surface area (TPSA) is 45.0 Å². The average molecular weight is 284 g/mol. The van der Waals surface area contributed by atoms with E-state index in [9.17, 15) is 4.39 Å². The Kier molecular flexibility index (Phi) is 4.91. The van der Waals surface area contributed by atoms with E-state index in [0.717, 1.165) is 16.9 Å². The number of hydrogen-bond donors (Lipinski definition) is 1. The van der Waals surface area contributed by atoms with Gasteiger partial charge in [0.15, 0.2) is 0 Å². The van der Waals surface area contributed by atoms with Crippen molar-refractivity contribution < 1.29 is 9.13 Å². The SMILES string of the molecule is CNCc1cccc(C)c1OCc1cc(C#N)ccc1F. The minimum Gasteiger partial charge on any atom is -0.488 e. The molecule has 0 unspecified atom stereocenters. The first-order chi connectivity index (χ1) is 10.2. The van der Waals surface area contributed by atoms with Gasteiger partial charge in [-0.2, -0.15) is 5.26 Å². The number of para-hydroxylation sites is 1. The lowest BCUT2D eigenvalue weighted by Crippen LogP contribution is -2.09. The summed E-state index contributed by atoms with van der Waals surface area (Å²) in [5.74, 6) is 0.395. The Morgan fingerprint density at radius 3 is 2.76 bits per heavy atom. The molecule has 0 bridgehead atoms. The number of nitrogens with one attached hydrogen (secondary N) is 1. The molecule has 0 aliphatic carbocycles. The Labute approximate surface area is 124 Å². The van der Waals surface area contributed by atoms with Gasteiger partial charge in [-0.25, -0.2) is 4.39 Å². The third-order valence-corrected chi connectivity index (χ3v) is 3.21. The van der Waals surface area contributed by atoms with Gasteiger partial charge in [0.1, 0.15) is 18.2 Å². The van der Waals surface area contributed by atoms with Crippen LogP contribution in [-0.4, -0.2) is 7.05 Å². The predicted molar refractivity (Wildman–Crippen MR) is 79.4 cm³/mol. The van der Waals surface area contributed by atoms with Crippen LogP contribution in [0.1, 0.15) is 22.3 Å². The molecular formula is C17H17FN2O. The number of hydrogen-bond acceptors (Lipinski definition) is 3. The highest BCUT2D eigenvalue weighted by molar-refractivity contribution is 5.41. The Morgan fingerprint density at radius 1 is 1.24 bits per heavy atom. The summed E-state index contributed by atoms with van der Waals surface area (Å²) in [6.45, 7) is 2.73. The van der Waals surface area contributed by atoms with Crippen molar-refractivity contribution in [2.45, 2.75) is 20.1 Å². The molecule has 0 spiro atoms. The molecule has 0 aromatic heterocycles. The van der Waals surface area contributed by atoms with Crippen molar-refractivity contribution in [1.29, 1.82) is 5.26 Å². The molecule has 2 aromatic carbocycles. The zero-order valence-electron chi connectivity index (χ0n) is 12.1. The largest absolute Gasteiger partial charge is 0.488 e. The van der Waals surface area contributed by atoms with Crippen LogP contribution in [0.3, 0.4) is 0 Å². The average Bonchev–Trinajstić information content (AvgIpc) is 2.48. The molecule has 2 aromatic rings. The lowest BCUT2D eigenvalue weighted by atomic mass is 10.1. The third kappa shape index (κ3) is 3.59. The summed E-state index contributed by atoms with van der Waals surface area (Å²) in [5, 5.41) is 12.0. The van der Waals surface area contributed by atoms with E-state index in [-0.39, 0.29) is 12.4 Å². The van der Waals surface area contributed by atoms with E-state index in [0.29, 0.717) is 17.7 Å². The molecule has 3 nitrogen and oxygen atoms in total. The van der Waals surface area contributed by atoms with Gasteiger partial charge in [0.05, 0.1) is 11.6 Å². The molecule has 0 fully saturated rings. The van der Waals surface area contributed by atoms with Gasteiger partial charge in [-0.05, 0) is 37.7 Å². The van der Waals surface area contributed by atoms with Crippen molar-refractivity contribution in [2.24, 2.45) is 0 Å². The quantitative estimate of drug-likeness (QED) is 0.916. The summed E-state index contributed by atoms with van der Waals surface area (Å²) in [4.78, 5) is 0. The summed E-state index contributed by atoms with van der Waals surface area (Å²) < 4.78 is 19.6. The second-order valence-electron chi connectivity index (χ2n) is 4.80. The van der Waals surface area contributed by atoms with E-state index >= 15 is 0 Å². The summed E-state index contributed by atoms with van der Waals surface area (Å²) in [6, 6.07) is 12.2. The fraction of sp³-hybridized carbons (Fsp3) is 0.235. The molecule has 0 heterocycles. The second kappa shape index (κ2) is 6.87. The Hall–Kier alpha value is -2.38. The van der Waals surface area contributed by atoms with Crippen LogP contribution >= 0.6 is 0 Å². The van der Waals surface area contributed by atoms with Crippen LogP contribution in [0, 0.1) is 24.1 Å². The Balaban J connectivity index is 2.22. The number of ether oxygens (including phenoxy) is 1. The molecule has 0 saturated carbocycles. The molecule has 4 heteroatoms. The summed E-state index contributed by atoms with van der Waals surface area (Å²) >= 11 is 0. The van der Waals surface area contributed by atoms with Crippen molar-refractivity contribution >= 4 is 0 Å². The fourth-order valence-corrected chi connectivity index (χ4v) is 2.15. The minimum absolute atomic E-state index is 0.100. The fourth-order valence-electron chi connectivity index (χ4n) is 2.15. The van der Waals surface area contributed by atoms with E-state index in [1.807, 2.05) is 38.2 Å². The van der Waals surface area contributed by atoms with Gasteiger partial charge in [0.2, 0.25) is 0 Å². The molecular weight excluding hydrogens is 267 g/mol. The number of rotatable bonds is 5. The molecule has 21 heavy (non-hydrogen) atoms. The summed E-state index contributed by atoms with van der Waals surface area (Å²) in [6.07, 6.45) is 0.